The van der Waals surface area contributed by atoms with E-state index in [0.717, 1.165) is 18.1 Å². The average molecular weight is 478 g/mol. The van der Waals surface area contributed by atoms with E-state index >= 15 is 0 Å². The number of aromatic nitrogens is 4. The lowest BCUT2D eigenvalue weighted by molar-refractivity contribution is -0.141. The normalized spacial score (nSPS) is 13.3. The summed E-state index contributed by atoms with van der Waals surface area (Å²) in [4.78, 5) is 17.2. The van der Waals surface area contributed by atoms with Gasteiger partial charge >= 0.3 is 6.18 Å². The monoisotopic (exact) mass is 477 g/mol. The first-order valence-corrected chi connectivity index (χ1v) is 11.5. The van der Waals surface area contributed by atoms with Crippen LogP contribution in [0.15, 0.2) is 78.9 Å². The van der Waals surface area contributed by atoms with E-state index in [1.807, 2.05) is 55.5 Å². The molecule has 2 aromatic heterocycles. The number of nitrogens with one attached hydrogen (secondary N) is 1. The summed E-state index contributed by atoms with van der Waals surface area (Å²) in [6, 6.07) is 23.5. The Morgan fingerprint density at radius 2 is 1.40 bits per heavy atom. The first-order valence-electron chi connectivity index (χ1n) is 11.5. The summed E-state index contributed by atoms with van der Waals surface area (Å²) < 4.78 is 39.7. The Hall–Kier alpha value is -3.81. The molecule has 35 heavy (non-hydrogen) atoms. The molecule has 0 unspecified atom stereocenters. The molecule has 1 N–H and O–H groups in total. The molecule has 5 nitrogen and oxygen atoms in total. The number of nitrogens with zero attached hydrogens (tertiary/aromatic N) is 4. The molecule has 2 atom stereocenters. The standard InChI is InChI=1S/C27H26F3N5/c1-18(20-10-5-3-6-11-20)16-17-24-33-25(22-14-9-15-23(32-22)27(28,29)30)35-26(34-24)31-19(2)21-12-7-4-8-13-21/h3-15,18-19H,16-17H2,1-2H3,(H,31,33,34,35)/t18-,19-/m1/s1. The Bertz CT molecular complexity index is 1250. The zero-order valence-electron chi connectivity index (χ0n) is 19.5. The van der Waals surface area contributed by atoms with Crippen molar-refractivity contribution in [2.24, 2.45) is 0 Å². The van der Waals surface area contributed by atoms with Gasteiger partial charge in [0, 0.05) is 6.42 Å². The van der Waals surface area contributed by atoms with E-state index in [-0.39, 0.29) is 23.5 Å². The fourth-order valence-corrected chi connectivity index (χ4v) is 3.74. The molecule has 0 aliphatic carbocycles. The summed E-state index contributed by atoms with van der Waals surface area (Å²) in [5.41, 5.74) is 1.31. The van der Waals surface area contributed by atoms with Crippen LogP contribution in [-0.4, -0.2) is 19.9 Å². The Morgan fingerprint density at radius 3 is 2.06 bits per heavy atom. The number of hydrogen-bond acceptors (Lipinski definition) is 5. The van der Waals surface area contributed by atoms with Gasteiger partial charge in [-0.3, -0.25) is 0 Å². The molecular weight excluding hydrogens is 451 g/mol. The SMILES string of the molecule is C[C@H](CCc1nc(N[C@H](C)c2ccccc2)nc(-c2cccc(C(F)(F)F)n2)n1)c1ccccc1. The summed E-state index contributed by atoms with van der Waals surface area (Å²) in [5.74, 6) is 1.17. The minimum absolute atomic E-state index is 0.0509. The minimum Gasteiger partial charge on any atom is -0.348 e. The maximum absolute atomic E-state index is 13.2. The van der Waals surface area contributed by atoms with E-state index in [0.29, 0.717) is 18.2 Å². The molecule has 4 aromatic rings. The van der Waals surface area contributed by atoms with Crippen LogP contribution in [0.2, 0.25) is 0 Å². The predicted octanol–water partition coefficient (Wildman–Crippen LogP) is 6.86. The third-order valence-corrected chi connectivity index (χ3v) is 5.77. The van der Waals surface area contributed by atoms with Gasteiger partial charge in [-0.1, -0.05) is 73.7 Å². The Kier molecular flexibility index (Phi) is 7.39. The van der Waals surface area contributed by atoms with Crippen molar-refractivity contribution in [2.45, 2.75) is 44.8 Å². The lowest BCUT2D eigenvalue weighted by Gasteiger charge is -2.16. The molecule has 0 spiro atoms. The van der Waals surface area contributed by atoms with E-state index in [1.54, 1.807) is 0 Å². The predicted molar refractivity (Wildman–Crippen MR) is 130 cm³/mol. The van der Waals surface area contributed by atoms with Gasteiger partial charge in [0.15, 0.2) is 5.82 Å². The number of halogens is 3. The van der Waals surface area contributed by atoms with Gasteiger partial charge in [0.05, 0.1) is 6.04 Å². The first kappa shape index (κ1) is 24.3. The van der Waals surface area contributed by atoms with Crippen LogP contribution in [0.4, 0.5) is 19.1 Å². The number of alkyl halides is 3. The van der Waals surface area contributed by atoms with Crippen molar-refractivity contribution in [2.75, 3.05) is 5.32 Å². The second-order valence-electron chi connectivity index (χ2n) is 8.43. The average Bonchev–Trinajstić information content (AvgIpc) is 2.88. The highest BCUT2D eigenvalue weighted by atomic mass is 19.4. The largest absolute Gasteiger partial charge is 0.433 e. The van der Waals surface area contributed by atoms with Crippen molar-refractivity contribution in [3.8, 4) is 11.5 Å². The smallest absolute Gasteiger partial charge is 0.348 e. The summed E-state index contributed by atoms with van der Waals surface area (Å²) >= 11 is 0. The number of pyridine rings is 1. The van der Waals surface area contributed by atoms with Gasteiger partial charge < -0.3 is 5.32 Å². The van der Waals surface area contributed by atoms with E-state index in [1.165, 1.54) is 17.7 Å². The van der Waals surface area contributed by atoms with Gasteiger partial charge in [-0.05, 0) is 42.5 Å². The molecule has 8 heteroatoms. The highest BCUT2D eigenvalue weighted by Gasteiger charge is 2.32. The summed E-state index contributed by atoms with van der Waals surface area (Å²) in [5, 5.41) is 3.26. The summed E-state index contributed by atoms with van der Waals surface area (Å²) in [6.45, 7) is 4.10. The molecule has 0 fully saturated rings. The number of aryl methyl sites for hydroxylation is 1. The molecule has 4 rings (SSSR count). The second-order valence-corrected chi connectivity index (χ2v) is 8.43. The van der Waals surface area contributed by atoms with Gasteiger partial charge in [0.1, 0.15) is 17.2 Å². The van der Waals surface area contributed by atoms with Crippen LogP contribution in [0.25, 0.3) is 11.5 Å². The molecular formula is C27H26F3N5. The number of anilines is 1. The highest BCUT2D eigenvalue weighted by molar-refractivity contribution is 5.51. The molecule has 0 radical (unpaired) electrons. The Balaban J connectivity index is 1.64. The molecule has 0 bridgehead atoms. The molecule has 2 heterocycles. The molecule has 0 saturated carbocycles. The third kappa shape index (κ3) is 6.41. The Morgan fingerprint density at radius 1 is 0.743 bits per heavy atom. The van der Waals surface area contributed by atoms with Gasteiger partial charge in [0.25, 0.3) is 0 Å². The van der Waals surface area contributed by atoms with Crippen LogP contribution in [0, 0.1) is 0 Å². The quantitative estimate of drug-likeness (QED) is 0.300. The highest BCUT2D eigenvalue weighted by Crippen LogP contribution is 2.29. The lowest BCUT2D eigenvalue weighted by atomic mass is 9.96. The van der Waals surface area contributed by atoms with E-state index in [4.69, 9.17) is 0 Å². The summed E-state index contributed by atoms with van der Waals surface area (Å²) in [7, 11) is 0. The molecule has 0 amide bonds. The maximum Gasteiger partial charge on any atom is 0.433 e. The van der Waals surface area contributed by atoms with Gasteiger partial charge in [-0.2, -0.15) is 23.1 Å². The van der Waals surface area contributed by atoms with Crippen LogP contribution in [-0.2, 0) is 12.6 Å². The topological polar surface area (TPSA) is 63.6 Å². The fourth-order valence-electron chi connectivity index (χ4n) is 3.74. The van der Waals surface area contributed by atoms with Crippen molar-refractivity contribution in [1.82, 2.24) is 19.9 Å². The van der Waals surface area contributed by atoms with Crippen molar-refractivity contribution >= 4 is 5.95 Å². The van der Waals surface area contributed by atoms with E-state index in [9.17, 15) is 13.2 Å². The van der Waals surface area contributed by atoms with Gasteiger partial charge in [-0.15, -0.1) is 0 Å². The van der Waals surface area contributed by atoms with Gasteiger partial charge in [-0.25, -0.2) is 9.97 Å². The van der Waals surface area contributed by atoms with E-state index in [2.05, 4.69) is 44.3 Å². The lowest BCUT2D eigenvalue weighted by Crippen LogP contribution is -2.13. The molecule has 0 saturated heterocycles. The molecule has 0 aliphatic rings. The number of benzene rings is 2. The molecule has 2 aromatic carbocycles. The zero-order chi connectivity index (χ0) is 24.8. The van der Waals surface area contributed by atoms with Crippen LogP contribution in [0.1, 0.15) is 54.9 Å². The molecule has 180 valence electrons. The van der Waals surface area contributed by atoms with Crippen molar-refractivity contribution < 1.29 is 13.2 Å². The fraction of sp³-hybridized carbons (Fsp3) is 0.259. The molecule has 0 aliphatic heterocycles. The first-order chi connectivity index (χ1) is 16.8. The van der Waals surface area contributed by atoms with Crippen molar-refractivity contribution in [1.29, 1.82) is 0 Å². The maximum atomic E-state index is 13.2. The summed E-state index contributed by atoms with van der Waals surface area (Å²) in [6.07, 6.45) is -3.24. The van der Waals surface area contributed by atoms with Crippen molar-refractivity contribution in [3.05, 3.63) is 102 Å². The van der Waals surface area contributed by atoms with Crippen LogP contribution < -0.4 is 5.32 Å². The van der Waals surface area contributed by atoms with Crippen LogP contribution in [0.3, 0.4) is 0 Å². The number of hydrogen-bond donors (Lipinski definition) is 1. The van der Waals surface area contributed by atoms with Gasteiger partial charge in [0.2, 0.25) is 5.95 Å². The van der Waals surface area contributed by atoms with Crippen LogP contribution in [0.5, 0.6) is 0 Å². The second kappa shape index (κ2) is 10.6. The Labute approximate surface area is 202 Å². The minimum atomic E-state index is -4.56. The third-order valence-electron chi connectivity index (χ3n) is 5.77. The zero-order valence-corrected chi connectivity index (χ0v) is 19.5. The van der Waals surface area contributed by atoms with Crippen LogP contribution >= 0.6 is 0 Å². The van der Waals surface area contributed by atoms with Crippen molar-refractivity contribution in [3.63, 3.8) is 0 Å². The number of rotatable bonds is 8. The van der Waals surface area contributed by atoms with E-state index < -0.39 is 11.9 Å².